The largest absolute Gasteiger partial charge is 0.481 e. The number of aliphatic carboxylic acids is 1. The van der Waals surface area contributed by atoms with Crippen molar-refractivity contribution < 1.29 is 32.4 Å². The van der Waals surface area contributed by atoms with Gasteiger partial charge in [-0.3, -0.25) is 9.59 Å². The molecule has 1 unspecified atom stereocenters. The lowest BCUT2D eigenvalue weighted by molar-refractivity contribution is -0.155. The molecule has 0 aliphatic heterocycles. The number of aromatic nitrogens is 1. The molecule has 5 nitrogen and oxygen atoms in total. The minimum absolute atomic E-state index is 0.162. The number of carboxylic acid groups (broad SMARTS) is 1. The molecule has 1 aromatic carbocycles. The maximum Gasteiger partial charge on any atom is 0.452 e. The highest BCUT2D eigenvalue weighted by Crippen LogP contribution is 2.30. The minimum atomic E-state index is -4.71. The zero-order chi connectivity index (χ0) is 16.3. The molecule has 0 saturated carbocycles. The second kappa shape index (κ2) is 6.00. The van der Waals surface area contributed by atoms with Crippen molar-refractivity contribution in [3.05, 3.63) is 53.4 Å². The number of carbonyl (C=O) groups excluding carboxylic acids is 1. The van der Waals surface area contributed by atoms with Crippen molar-refractivity contribution in [3.8, 4) is 0 Å². The highest BCUT2D eigenvalue weighted by atomic mass is 19.4. The second-order valence-electron chi connectivity index (χ2n) is 4.51. The third-order valence-electron chi connectivity index (χ3n) is 2.92. The van der Waals surface area contributed by atoms with Crippen LogP contribution >= 0.6 is 0 Å². The molecule has 1 heterocycles. The van der Waals surface area contributed by atoms with Crippen molar-refractivity contribution in [3.63, 3.8) is 0 Å². The van der Waals surface area contributed by atoms with E-state index in [9.17, 15) is 22.8 Å². The fourth-order valence-electron chi connectivity index (χ4n) is 1.85. The van der Waals surface area contributed by atoms with Gasteiger partial charge in [-0.05, 0) is 0 Å². The summed E-state index contributed by atoms with van der Waals surface area (Å²) in [6.45, 7) is 0. The van der Waals surface area contributed by atoms with Gasteiger partial charge in [-0.1, -0.05) is 35.5 Å². The Morgan fingerprint density at radius 1 is 1.23 bits per heavy atom. The quantitative estimate of drug-likeness (QED) is 0.678. The summed E-state index contributed by atoms with van der Waals surface area (Å²) in [5.74, 6) is -5.01. The molecule has 1 atom stereocenters. The molecule has 0 saturated heterocycles. The Kier molecular flexibility index (Phi) is 4.30. The Labute approximate surface area is 122 Å². The Hall–Kier alpha value is -2.64. The maximum absolute atomic E-state index is 12.4. The number of rotatable bonds is 5. The van der Waals surface area contributed by atoms with E-state index in [0.717, 1.165) is 0 Å². The molecule has 2 rings (SSSR count). The first-order chi connectivity index (χ1) is 10.3. The molecule has 2 aromatic rings. The van der Waals surface area contributed by atoms with Crippen molar-refractivity contribution in [2.75, 3.05) is 0 Å². The van der Waals surface area contributed by atoms with Gasteiger partial charge in [-0.15, -0.1) is 0 Å². The molecule has 1 aromatic heterocycles. The lowest BCUT2D eigenvalue weighted by Gasteiger charge is -2.09. The predicted octanol–water partition coefficient (Wildman–Crippen LogP) is 2.82. The topological polar surface area (TPSA) is 80.4 Å². The number of hydrogen-bond donors (Lipinski definition) is 1. The van der Waals surface area contributed by atoms with Crippen LogP contribution in [0.4, 0.5) is 13.2 Å². The molecule has 0 bridgehead atoms. The molecule has 8 heteroatoms. The Balaban J connectivity index is 2.21. The highest BCUT2D eigenvalue weighted by molar-refractivity contribution is 6.08. The van der Waals surface area contributed by atoms with Crippen LogP contribution in [0.3, 0.4) is 0 Å². The number of carboxylic acids is 1. The Morgan fingerprint density at radius 3 is 2.36 bits per heavy atom. The summed E-state index contributed by atoms with van der Waals surface area (Å²) in [7, 11) is 0. The van der Waals surface area contributed by atoms with E-state index in [1.54, 1.807) is 18.2 Å². The number of benzene rings is 1. The number of hydrogen-bond acceptors (Lipinski definition) is 4. The van der Waals surface area contributed by atoms with Gasteiger partial charge in [0.25, 0.3) is 0 Å². The average molecular weight is 313 g/mol. The third kappa shape index (κ3) is 3.51. The molecular formula is C14H10F3NO4. The number of ketones is 1. The molecule has 0 amide bonds. The molecule has 0 radical (unpaired) electrons. The predicted molar refractivity (Wildman–Crippen MR) is 67.1 cm³/mol. The summed E-state index contributed by atoms with van der Waals surface area (Å²) >= 11 is 0. The lowest BCUT2D eigenvalue weighted by Crippen LogP contribution is -2.26. The summed E-state index contributed by atoms with van der Waals surface area (Å²) in [5.41, 5.74) is -0.0848. The summed E-state index contributed by atoms with van der Waals surface area (Å²) < 4.78 is 41.3. The monoisotopic (exact) mass is 313 g/mol. The fourth-order valence-corrected chi connectivity index (χ4v) is 1.85. The zero-order valence-corrected chi connectivity index (χ0v) is 11.0. The molecule has 1 N–H and O–H groups in total. The van der Waals surface area contributed by atoms with E-state index in [1.807, 2.05) is 0 Å². The number of nitrogens with zero attached hydrogens (tertiary/aromatic N) is 1. The number of Topliss-reactive ketones (excluding diaryl/α,β-unsaturated/α-hetero) is 1. The van der Waals surface area contributed by atoms with Gasteiger partial charge in [0, 0.05) is 18.1 Å². The summed E-state index contributed by atoms with van der Waals surface area (Å²) in [6.07, 6.45) is -5.20. The van der Waals surface area contributed by atoms with Gasteiger partial charge in [0.15, 0.2) is 5.78 Å². The summed E-state index contributed by atoms with van der Waals surface area (Å²) in [6, 6.07) is 8.23. The first-order valence-corrected chi connectivity index (χ1v) is 6.14. The molecule has 0 fully saturated rings. The van der Waals surface area contributed by atoms with Gasteiger partial charge in [0.1, 0.15) is 5.92 Å². The molecule has 0 spiro atoms. The van der Waals surface area contributed by atoms with Gasteiger partial charge in [-0.25, -0.2) is 0 Å². The van der Waals surface area contributed by atoms with E-state index in [-0.39, 0.29) is 11.3 Å². The van der Waals surface area contributed by atoms with Crippen LogP contribution in [-0.2, 0) is 17.4 Å². The molecule has 0 aliphatic carbocycles. The van der Waals surface area contributed by atoms with Crippen LogP contribution in [0.2, 0.25) is 0 Å². The smallest absolute Gasteiger partial charge is 0.452 e. The zero-order valence-electron chi connectivity index (χ0n) is 11.0. The summed E-state index contributed by atoms with van der Waals surface area (Å²) in [5, 5.41) is 12.3. The van der Waals surface area contributed by atoms with Gasteiger partial charge in [0.05, 0.1) is 5.69 Å². The maximum atomic E-state index is 12.4. The highest BCUT2D eigenvalue weighted by Gasteiger charge is 2.37. The third-order valence-corrected chi connectivity index (χ3v) is 2.92. The van der Waals surface area contributed by atoms with Crippen LogP contribution in [0.1, 0.15) is 21.8 Å². The van der Waals surface area contributed by atoms with Gasteiger partial charge < -0.3 is 9.63 Å². The first-order valence-electron chi connectivity index (χ1n) is 6.14. The molecule has 22 heavy (non-hydrogen) atoms. The second-order valence-corrected chi connectivity index (χ2v) is 4.51. The van der Waals surface area contributed by atoms with Gasteiger partial charge in [0.2, 0.25) is 5.76 Å². The first kappa shape index (κ1) is 15.7. The van der Waals surface area contributed by atoms with E-state index in [0.29, 0.717) is 6.07 Å². The Morgan fingerprint density at radius 2 is 1.86 bits per heavy atom. The van der Waals surface area contributed by atoms with Crippen LogP contribution in [-0.4, -0.2) is 22.0 Å². The van der Waals surface area contributed by atoms with Gasteiger partial charge in [-0.2, -0.15) is 13.2 Å². The van der Waals surface area contributed by atoms with Crippen molar-refractivity contribution in [2.45, 2.75) is 12.6 Å². The number of carbonyl (C=O) groups is 2. The van der Waals surface area contributed by atoms with Crippen LogP contribution < -0.4 is 0 Å². The standard InChI is InChI=1S/C14H10F3NO4/c15-14(16,17)11-7-9(18-22-11)6-10(13(20)21)12(19)8-4-2-1-3-5-8/h1-5,7,10H,6H2,(H,20,21). The van der Waals surface area contributed by atoms with Crippen molar-refractivity contribution >= 4 is 11.8 Å². The van der Waals surface area contributed by atoms with Gasteiger partial charge >= 0.3 is 12.1 Å². The normalized spacial score (nSPS) is 12.9. The average Bonchev–Trinajstić information content (AvgIpc) is 2.93. The van der Waals surface area contributed by atoms with E-state index < -0.39 is 36.0 Å². The van der Waals surface area contributed by atoms with Crippen molar-refractivity contribution in [1.82, 2.24) is 5.16 Å². The Bertz CT molecular complexity index is 679. The van der Waals surface area contributed by atoms with E-state index in [1.165, 1.54) is 12.1 Å². The van der Waals surface area contributed by atoms with E-state index in [2.05, 4.69) is 9.68 Å². The van der Waals surface area contributed by atoms with Crippen LogP contribution in [0, 0.1) is 5.92 Å². The lowest BCUT2D eigenvalue weighted by atomic mass is 9.93. The van der Waals surface area contributed by atoms with E-state index >= 15 is 0 Å². The van der Waals surface area contributed by atoms with Crippen molar-refractivity contribution in [2.24, 2.45) is 5.92 Å². The number of halogens is 3. The molecule has 0 aliphatic rings. The van der Waals surface area contributed by atoms with E-state index in [4.69, 9.17) is 5.11 Å². The summed E-state index contributed by atoms with van der Waals surface area (Å²) in [4.78, 5) is 23.4. The van der Waals surface area contributed by atoms with Crippen LogP contribution in [0.25, 0.3) is 0 Å². The van der Waals surface area contributed by atoms with Crippen molar-refractivity contribution in [1.29, 1.82) is 0 Å². The fraction of sp³-hybridized carbons (Fsp3) is 0.214. The number of alkyl halides is 3. The SMILES string of the molecule is O=C(O)C(Cc1cc(C(F)(F)F)on1)C(=O)c1ccccc1. The molecule has 116 valence electrons. The minimum Gasteiger partial charge on any atom is -0.481 e. The molecular weight excluding hydrogens is 303 g/mol. The van der Waals surface area contributed by atoms with Crippen LogP contribution in [0.15, 0.2) is 40.9 Å². The van der Waals surface area contributed by atoms with Crippen LogP contribution in [0.5, 0.6) is 0 Å².